The van der Waals surface area contributed by atoms with E-state index in [9.17, 15) is 14.0 Å². The SMILES string of the molecule is CC(C)C(OC(=O)CCCC(=O)Oc1c(F)cccc1Cl)C(C)C. The molecule has 24 heavy (non-hydrogen) atoms. The summed E-state index contributed by atoms with van der Waals surface area (Å²) < 4.78 is 23.9. The van der Waals surface area contributed by atoms with Crippen molar-refractivity contribution in [2.75, 3.05) is 0 Å². The molecule has 0 aliphatic carbocycles. The lowest BCUT2D eigenvalue weighted by atomic mass is 9.96. The number of benzene rings is 1. The minimum Gasteiger partial charge on any atom is -0.462 e. The Bertz CT molecular complexity index is 544. The summed E-state index contributed by atoms with van der Waals surface area (Å²) in [6.07, 6.45) is 0.206. The number of ether oxygens (including phenoxy) is 2. The quantitative estimate of drug-likeness (QED) is 0.495. The van der Waals surface area contributed by atoms with Gasteiger partial charge in [-0.1, -0.05) is 45.4 Å². The van der Waals surface area contributed by atoms with Crippen molar-refractivity contribution >= 4 is 23.5 Å². The molecule has 6 heteroatoms. The predicted molar refractivity (Wildman–Crippen MR) is 90.5 cm³/mol. The van der Waals surface area contributed by atoms with Crippen LogP contribution in [0.3, 0.4) is 0 Å². The monoisotopic (exact) mass is 358 g/mol. The van der Waals surface area contributed by atoms with Crippen LogP contribution in [0, 0.1) is 17.7 Å². The van der Waals surface area contributed by atoms with E-state index in [0.717, 1.165) is 6.07 Å². The number of para-hydroxylation sites is 1. The van der Waals surface area contributed by atoms with Crippen LogP contribution in [0.25, 0.3) is 0 Å². The predicted octanol–water partition coefficient (Wildman–Crippen LogP) is 4.78. The molecule has 0 amide bonds. The van der Waals surface area contributed by atoms with E-state index in [4.69, 9.17) is 21.1 Å². The minimum absolute atomic E-state index is 0.0201. The number of carbonyl (C=O) groups excluding carboxylic acids is 2. The van der Waals surface area contributed by atoms with E-state index in [0.29, 0.717) is 0 Å². The van der Waals surface area contributed by atoms with E-state index in [-0.39, 0.29) is 53.9 Å². The summed E-state index contributed by atoms with van der Waals surface area (Å²) >= 11 is 5.78. The van der Waals surface area contributed by atoms with Crippen LogP contribution in [0.15, 0.2) is 18.2 Å². The van der Waals surface area contributed by atoms with Crippen LogP contribution in [-0.4, -0.2) is 18.0 Å². The molecular formula is C18H24ClFO4. The highest BCUT2D eigenvalue weighted by molar-refractivity contribution is 6.32. The summed E-state index contributed by atoms with van der Waals surface area (Å²) in [5.74, 6) is -1.53. The van der Waals surface area contributed by atoms with Gasteiger partial charge in [0.2, 0.25) is 0 Å². The average Bonchev–Trinajstić information content (AvgIpc) is 2.48. The van der Waals surface area contributed by atoms with Gasteiger partial charge in [0.1, 0.15) is 6.10 Å². The highest BCUT2D eigenvalue weighted by Gasteiger charge is 2.22. The van der Waals surface area contributed by atoms with E-state index in [1.807, 2.05) is 27.7 Å². The Morgan fingerprint density at radius 2 is 1.67 bits per heavy atom. The summed E-state index contributed by atoms with van der Waals surface area (Å²) in [5.41, 5.74) is 0. The van der Waals surface area contributed by atoms with Crippen molar-refractivity contribution in [3.63, 3.8) is 0 Å². The van der Waals surface area contributed by atoms with Crippen LogP contribution in [0.2, 0.25) is 5.02 Å². The summed E-state index contributed by atoms with van der Waals surface area (Å²) in [6, 6.07) is 4.01. The lowest BCUT2D eigenvalue weighted by Gasteiger charge is -2.24. The van der Waals surface area contributed by atoms with Crippen molar-refractivity contribution in [1.82, 2.24) is 0 Å². The molecule has 0 aromatic heterocycles. The van der Waals surface area contributed by atoms with Gasteiger partial charge in [0.05, 0.1) is 5.02 Å². The highest BCUT2D eigenvalue weighted by atomic mass is 35.5. The number of hydrogen-bond acceptors (Lipinski definition) is 4. The smallest absolute Gasteiger partial charge is 0.311 e. The molecule has 0 fully saturated rings. The second kappa shape index (κ2) is 9.62. The van der Waals surface area contributed by atoms with Crippen LogP contribution >= 0.6 is 11.6 Å². The number of hydrogen-bond donors (Lipinski definition) is 0. The maximum Gasteiger partial charge on any atom is 0.311 e. The van der Waals surface area contributed by atoms with Crippen LogP contribution < -0.4 is 4.74 Å². The van der Waals surface area contributed by atoms with Crippen LogP contribution in [0.1, 0.15) is 47.0 Å². The fourth-order valence-electron chi connectivity index (χ4n) is 2.37. The van der Waals surface area contributed by atoms with Crippen LogP contribution in [-0.2, 0) is 14.3 Å². The van der Waals surface area contributed by atoms with E-state index >= 15 is 0 Å². The molecule has 134 valence electrons. The molecule has 0 N–H and O–H groups in total. The zero-order valence-electron chi connectivity index (χ0n) is 14.5. The van der Waals surface area contributed by atoms with Crippen molar-refractivity contribution in [3.05, 3.63) is 29.0 Å². The van der Waals surface area contributed by atoms with Crippen LogP contribution in [0.4, 0.5) is 4.39 Å². The first-order valence-corrected chi connectivity index (χ1v) is 8.44. The number of carbonyl (C=O) groups is 2. The Hall–Kier alpha value is -1.62. The second-order valence-electron chi connectivity index (χ2n) is 6.32. The van der Waals surface area contributed by atoms with Gasteiger partial charge in [0.15, 0.2) is 11.6 Å². The first-order valence-electron chi connectivity index (χ1n) is 8.06. The second-order valence-corrected chi connectivity index (χ2v) is 6.73. The Kier molecular flexibility index (Phi) is 8.19. The first-order chi connectivity index (χ1) is 11.2. The van der Waals surface area contributed by atoms with Gasteiger partial charge in [-0.25, -0.2) is 4.39 Å². The van der Waals surface area contributed by atoms with Crippen molar-refractivity contribution in [1.29, 1.82) is 0 Å². The fourth-order valence-corrected chi connectivity index (χ4v) is 2.58. The zero-order valence-corrected chi connectivity index (χ0v) is 15.2. The third-order valence-corrected chi connectivity index (χ3v) is 3.78. The van der Waals surface area contributed by atoms with Crippen LogP contribution in [0.5, 0.6) is 5.75 Å². The molecule has 0 aliphatic heterocycles. The highest BCUT2D eigenvalue weighted by Crippen LogP contribution is 2.27. The van der Waals surface area contributed by atoms with Gasteiger partial charge in [-0.3, -0.25) is 9.59 Å². The van der Waals surface area contributed by atoms with E-state index in [1.54, 1.807) is 0 Å². The fraction of sp³-hybridized carbons (Fsp3) is 0.556. The molecule has 1 aromatic rings. The molecule has 0 saturated heterocycles. The minimum atomic E-state index is -0.702. The molecule has 0 aliphatic rings. The van der Waals surface area contributed by atoms with Crippen molar-refractivity contribution in [2.45, 2.75) is 53.1 Å². The largest absolute Gasteiger partial charge is 0.462 e. The van der Waals surface area contributed by atoms with Gasteiger partial charge in [-0.2, -0.15) is 0 Å². The third kappa shape index (κ3) is 6.48. The molecule has 0 atom stereocenters. The number of rotatable bonds is 8. The summed E-state index contributed by atoms with van der Waals surface area (Å²) in [4.78, 5) is 23.6. The molecule has 0 unspecified atom stereocenters. The Morgan fingerprint density at radius 1 is 1.08 bits per heavy atom. The van der Waals surface area contributed by atoms with E-state index in [2.05, 4.69) is 0 Å². The molecule has 1 aromatic carbocycles. The number of esters is 2. The summed E-state index contributed by atoms with van der Waals surface area (Å²) in [6.45, 7) is 7.97. The van der Waals surface area contributed by atoms with Gasteiger partial charge in [0, 0.05) is 12.8 Å². The van der Waals surface area contributed by atoms with E-state index < -0.39 is 11.8 Å². The molecule has 0 spiro atoms. The van der Waals surface area contributed by atoms with Gasteiger partial charge in [-0.05, 0) is 30.4 Å². The average molecular weight is 359 g/mol. The standard InChI is InChI=1S/C18H24ClFO4/c1-11(2)17(12(3)4)23-15(21)9-6-10-16(22)24-18-13(19)7-5-8-14(18)20/h5,7-8,11-12,17H,6,9-10H2,1-4H3. The maximum atomic E-state index is 13.5. The van der Waals surface area contributed by atoms with Gasteiger partial charge in [0.25, 0.3) is 0 Å². The molecule has 0 radical (unpaired) electrons. The molecule has 1 rings (SSSR count). The molecule has 0 heterocycles. The molecule has 4 nitrogen and oxygen atoms in total. The third-order valence-electron chi connectivity index (χ3n) is 3.48. The van der Waals surface area contributed by atoms with E-state index in [1.165, 1.54) is 12.1 Å². The maximum absolute atomic E-state index is 13.5. The summed E-state index contributed by atoms with van der Waals surface area (Å²) in [7, 11) is 0. The van der Waals surface area contributed by atoms with Crippen molar-refractivity contribution in [2.24, 2.45) is 11.8 Å². The molecule has 0 saturated carbocycles. The first kappa shape index (κ1) is 20.4. The Labute approximate surface area is 147 Å². The molecular weight excluding hydrogens is 335 g/mol. The van der Waals surface area contributed by atoms with Crippen molar-refractivity contribution < 1.29 is 23.5 Å². The van der Waals surface area contributed by atoms with Gasteiger partial charge in [-0.15, -0.1) is 0 Å². The molecule has 0 bridgehead atoms. The Morgan fingerprint density at radius 3 is 2.21 bits per heavy atom. The summed E-state index contributed by atoms with van der Waals surface area (Å²) in [5, 5.41) is 0.0273. The lowest BCUT2D eigenvalue weighted by Crippen LogP contribution is -2.28. The number of halogens is 2. The Balaban J connectivity index is 2.41. The van der Waals surface area contributed by atoms with Crippen molar-refractivity contribution in [3.8, 4) is 5.75 Å². The zero-order chi connectivity index (χ0) is 18.3. The van der Waals surface area contributed by atoms with Gasteiger partial charge < -0.3 is 9.47 Å². The topological polar surface area (TPSA) is 52.6 Å². The normalized spacial score (nSPS) is 11.2. The van der Waals surface area contributed by atoms with Gasteiger partial charge >= 0.3 is 11.9 Å². The lowest BCUT2D eigenvalue weighted by molar-refractivity contribution is -0.154.